The summed E-state index contributed by atoms with van der Waals surface area (Å²) in [6.45, 7) is 2.05. The zero-order valence-electron chi connectivity index (χ0n) is 10.7. The third-order valence-electron chi connectivity index (χ3n) is 2.77. The second kappa shape index (κ2) is 6.24. The van der Waals surface area contributed by atoms with Crippen LogP contribution >= 0.6 is 11.3 Å². The Hall–Kier alpha value is -2.01. The molecule has 0 bridgehead atoms. The first kappa shape index (κ1) is 13.4. The van der Waals surface area contributed by atoms with Crippen molar-refractivity contribution >= 4 is 28.7 Å². The van der Waals surface area contributed by atoms with E-state index < -0.39 is 0 Å². The van der Waals surface area contributed by atoms with E-state index in [0.717, 1.165) is 17.0 Å². The lowest BCUT2D eigenvalue weighted by Gasteiger charge is -2.16. The predicted octanol–water partition coefficient (Wildman–Crippen LogP) is 3.60. The molecule has 4 N–H and O–H groups in total. The van der Waals surface area contributed by atoms with Gasteiger partial charge in [0.1, 0.15) is 0 Å². The summed E-state index contributed by atoms with van der Waals surface area (Å²) in [5.74, 6) is 0. The summed E-state index contributed by atoms with van der Waals surface area (Å²) in [5.41, 5.74) is 7.00. The Labute approximate surface area is 116 Å². The van der Waals surface area contributed by atoms with Gasteiger partial charge in [0.05, 0.1) is 6.04 Å². The highest BCUT2D eigenvalue weighted by molar-refractivity contribution is 7.10. The van der Waals surface area contributed by atoms with E-state index in [1.807, 2.05) is 24.4 Å². The molecule has 2 amide bonds. The molecular formula is C14H17N3OS. The summed E-state index contributed by atoms with van der Waals surface area (Å²) in [5, 5.41) is 7.77. The Balaban J connectivity index is 1.95. The number of hydrogen-bond donors (Lipinski definition) is 3. The highest BCUT2D eigenvalue weighted by Gasteiger charge is 2.13. The Morgan fingerprint density at radius 2 is 2.05 bits per heavy atom. The van der Waals surface area contributed by atoms with Crippen molar-refractivity contribution in [3.63, 3.8) is 0 Å². The van der Waals surface area contributed by atoms with Crippen molar-refractivity contribution in [1.29, 1.82) is 0 Å². The van der Waals surface area contributed by atoms with E-state index in [0.29, 0.717) is 5.69 Å². The van der Waals surface area contributed by atoms with Gasteiger partial charge in [0.15, 0.2) is 0 Å². The quantitative estimate of drug-likeness (QED) is 0.746. The van der Waals surface area contributed by atoms with E-state index in [1.165, 1.54) is 0 Å². The van der Waals surface area contributed by atoms with E-state index in [2.05, 4.69) is 10.6 Å². The van der Waals surface area contributed by atoms with Gasteiger partial charge < -0.3 is 16.4 Å². The summed E-state index contributed by atoms with van der Waals surface area (Å²) in [6, 6.07) is 10.9. The summed E-state index contributed by atoms with van der Waals surface area (Å²) in [7, 11) is 0. The van der Waals surface area contributed by atoms with Crippen LogP contribution in [0.15, 0.2) is 41.8 Å². The van der Waals surface area contributed by atoms with Crippen LogP contribution in [0, 0.1) is 0 Å². The molecule has 0 aliphatic rings. The molecule has 1 aromatic carbocycles. The van der Waals surface area contributed by atoms with Crippen LogP contribution in [0.25, 0.3) is 0 Å². The molecule has 0 aliphatic heterocycles. The van der Waals surface area contributed by atoms with Crippen LogP contribution in [-0.2, 0) is 0 Å². The number of thiophene rings is 1. The first-order valence-corrected chi connectivity index (χ1v) is 7.03. The highest BCUT2D eigenvalue weighted by Crippen LogP contribution is 2.21. The number of urea groups is 1. The van der Waals surface area contributed by atoms with E-state index in [1.54, 1.807) is 35.6 Å². The average Bonchev–Trinajstić information content (AvgIpc) is 2.92. The second-order valence-corrected chi connectivity index (χ2v) is 5.18. The maximum absolute atomic E-state index is 11.9. The fourth-order valence-corrected chi connectivity index (χ4v) is 2.62. The van der Waals surface area contributed by atoms with Crippen LogP contribution in [0.4, 0.5) is 16.2 Å². The van der Waals surface area contributed by atoms with Crippen LogP contribution < -0.4 is 16.4 Å². The zero-order chi connectivity index (χ0) is 13.7. The summed E-state index contributed by atoms with van der Waals surface area (Å²) in [4.78, 5) is 13.1. The molecule has 0 radical (unpaired) electrons. The monoisotopic (exact) mass is 275 g/mol. The van der Waals surface area contributed by atoms with Crippen LogP contribution in [0.1, 0.15) is 24.3 Å². The Kier molecular flexibility index (Phi) is 4.41. The number of benzene rings is 1. The van der Waals surface area contributed by atoms with Gasteiger partial charge in [0.2, 0.25) is 0 Å². The molecular weight excluding hydrogens is 258 g/mol. The summed E-state index contributed by atoms with van der Waals surface area (Å²) < 4.78 is 0. The van der Waals surface area contributed by atoms with Gasteiger partial charge in [0.25, 0.3) is 0 Å². The predicted molar refractivity (Wildman–Crippen MR) is 80.4 cm³/mol. The number of hydrogen-bond acceptors (Lipinski definition) is 3. The highest BCUT2D eigenvalue weighted by atomic mass is 32.1. The van der Waals surface area contributed by atoms with Crippen molar-refractivity contribution in [3.8, 4) is 0 Å². The fourth-order valence-electron chi connectivity index (χ4n) is 1.76. The number of amides is 2. The van der Waals surface area contributed by atoms with Crippen LogP contribution in [0.3, 0.4) is 0 Å². The van der Waals surface area contributed by atoms with Gasteiger partial charge >= 0.3 is 6.03 Å². The molecule has 0 saturated carbocycles. The van der Waals surface area contributed by atoms with Crippen LogP contribution in [-0.4, -0.2) is 6.03 Å². The van der Waals surface area contributed by atoms with Gasteiger partial charge in [-0.05, 0) is 42.1 Å². The number of nitrogen functional groups attached to an aromatic ring is 1. The van der Waals surface area contributed by atoms with E-state index >= 15 is 0 Å². The van der Waals surface area contributed by atoms with Crippen molar-refractivity contribution in [2.24, 2.45) is 0 Å². The molecule has 2 rings (SSSR count). The third kappa shape index (κ3) is 3.72. The summed E-state index contributed by atoms with van der Waals surface area (Å²) in [6.07, 6.45) is 0.857. The molecule has 1 atom stereocenters. The Bertz CT molecular complexity index is 522. The molecule has 0 fully saturated rings. The minimum absolute atomic E-state index is 0.0498. The lowest BCUT2D eigenvalue weighted by Crippen LogP contribution is -2.31. The van der Waals surface area contributed by atoms with Crippen molar-refractivity contribution in [3.05, 3.63) is 46.7 Å². The third-order valence-corrected chi connectivity index (χ3v) is 3.75. The SMILES string of the molecule is CCC(NC(=O)Nc1ccc(N)cc1)c1cccs1. The molecule has 5 heteroatoms. The number of carbonyl (C=O) groups is 1. The number of nitrogens with two attached hydrogens (primary N) is 1. The minimum atomic E-state index is -0.204. The molecule has 2 aromatic rings. The topological polar surface area (TPSA) is 67.2 Å². The average molecular weight is 275 g/mol. The van der Waals surface area contributed by atoms with Gasteiger partial charge in [0, 0.05) is 16.3 Å². The molecule has 4 nitrogen and oxygen atoms in total. The van der Waals surface area contributed by atoms with Crippen molar-refractivity contribution in [2.45, 2.75) is 19.4 Å². The molecule has 19 heavy (non-hydrogen) atoms. The molecule has 1 heterocycles. The molecule has 100 valence electrons. The molecule has 0 spiro atoms. The van der Waals surface area contributed by atoms with Gasteiger partial charge in [-0.15, -0.1) is 11.3 Å². The van der Waals surface area contributed by atoms with Crippen LogP contribution in [0.5, 0.6) is 0 Å². The summed E-state index contributed by atoms with van der Waals surface area (Å²) >= 11 is 1.65. The zero-order valence-corrected chi connectivity index (χ0v) is 11.5. The first-order valence-electron chi connectivity index (χ1n) is 6.15. The number of anilines is 2. The molecule has 1 aromatic heterocycles. The molecule has 0 aliphatic carbocycles. The Morgan fingerprint density at radius 1 is 1.32 bits per heavy atom. The minimum Gasteiger partial charge on any atom is -0.399 e. The van der Waals surface area contributed by atoms with E-state index in [-0.39, 0.29) is 12.1 Å². The van der Waals surface area contributed by atoms with E-state index in [4.69, 9.17) is 5.73 Å². The van der Waals surface area contributed by atoms with Gasteiger partial charge in [-0.25, -0.2) is 4.79 Å². The molecule has 1 unspecified atom stereocenters. The largest absolute Gasteiger partial charge is 0.399 e. The maximum atomic E-state index is 11.9. The number of rotatable bonds is 4. The van der Waals surface area contributed by atoms with Crippen molar-refractivity contribution < 1.29 is 4.79 Å². The van der Waals surface area contributed by atoms with Crippen molar-refractivity contribution in [1.82, 2.24) is 5.32 Å². The van der Waals surface area contributed by atoms with Gasteiger partial charge in [-0.1, -0.05) is 13.0 Å². The Morgan fingerprint density at radius 3 is 2.63 bits per heavy atom. The number of carbonyl (C=O) groups excluding carboxylic acids is 1. The van der Waals surface area contributed by atoms with Gasteiger partial charge in [-0.3, -0.25) is 0 Å². The number of nitrogens with one attached hydrogen (secondary N) is 2. The van der Waals surface area contributed by atoms with E-state index in [9.17, 15) is 4.79 Å². The standard InChI is InChI=1S/C14H17N3OS/c1-2-12(13-4-3-9-19-13)17-14(18)16-11-7-5-10(15)6-8-11/h3-9,12H,2,15H2,1H3,(H2,16,17,18). The lowest BCUT2D eigenvalue weighted by atomic mass is 10.2. The normalized spacial score (nSPS) is 11.8. The fraction of sp³-hybridized carbons (Fsp3) is 0.214. The second-order valence-electron chi connectivity index (χ2n) is 4.20. The first-order chi connectivity index (χ1) is 9.19. The molecule has 0 saturated heterocycles. The maximum Gasteiger partial charge on any atom is 0.319 e. The van der Waals surface area contributed by atoms with Gasteiger partial charge in [-0.2, -0.15) is 0 Å². The smallest absolute Gasteiger partial charge is 0.319 e. The lowest BCUT2D eigenvalue weighted by molar-refractivity contribution is 0.248. The van der Waals surface area contributed by atoms with Crippen molar-refractivity contribution in [2.75, 3.05) is 11.1 Å². The van der Waals surface area contributed by atoms with Crippen LogP contribution in [0.2, 0.25) is 0 Å².